The number of hydrogen-bond donors (Lipinski definition) is 1. The summed E-state index contributed by atoms with van der Waals surface area (Å²) in [5, 5.41) is 8.92. The summed E-state index contributed by atoms with van der Waals surface area (Å²) in [6.07, 6.45) is 5.03. The largest absolute Gasteiger partial charge is 0.481 e. The molecule has 2 atom stereocenters. The van der Waals surface area contributed by atoms with Crippen molar-refractivity contribution in [2.75, 3.05) is 6.61 Å². The number of carbonyl (C=O) groups excluding carboxylic acids is 2. The maximum absolute atomic E-state index is 13.9. The lowest BCUT2D eigenvalue weighted by Gasteiger charge is -2.49. The van der Waals surface area contributed by atoms with Crippen LogP contribution in [0.15, 0.2) is 48.5 Å². The van der Waals surface area contributed by atoms with Gasteiger partial charge >= 0.3 is 17.9 Å². The summed E-state index contributed by atoms with van der Waals surface area (Å²) < 4.78 is 11.8. The number of hydrogen-bond acceptors (Lipinski definition) is 5. The predicted molar refractivity (Wildman–Crippen MR) is 129 cm³/mol. The Morgan fingerprint density at radius 2 is 1.31 bits per heavy atom. The molecule has 0 saturated heterocycles. The molecule has 2 bridgehead atoms. The zero-order valence-electron chi connectivity index (χ0n) is 20.1. The Labute approximate surface area is 205 Å². The number of carboxylic acids is 1. The molecule has 0 aliphatic heterocycles. The highest BCUT2D eigenvalue weighted by atomic mass is 16.6. The topological polar surface area (TPSA) is 89.9 Å². The van der Waals surface area contributed by atoms with E-state index in [9.17, 15) is 14.4 Å². The van der Waals surface area contributed by atoms with E-state index >= 15 is 0 Å². The number of carbonyl (C=O) groups is 3. The number of carboxylic acid groups (broad SMARTS) is 1. The van der Waals surface area contributed by atoms with Crippen molar-refractivity contribution in [3.05, 3.63) is 70.8 Å². The van der Waals surface area contributed by atoms with Crippen LogP contribution in [0.25, 0.3) is 0 Å². The van der Waals surface area contributed by atoms with Gasteiger partial charge in [0.15, 0.2) is 0 Å². The fourth-order valence-corrected chi connectivity index (χ4v) is 6.45. The molecule has 35 heavy (non-hydrogen) atoms. The summed E-state index contributed by atoms with van der Waals surface area (Å²) in [4.78, 5) is 38.4. The van der Waals surface area contributed by atoms with Gasteiger partial charge in [-0.3, -0.25) is 14.4 Å². The Kier molecular flexibility index (Phi) is 6.39. The van der Waals surface area contributed by atoms with Gasteiger partial charge in [-0.2, -0.15) is 0 Å². The van der Waals surface area contributed by atoms with E-state index in [4.69, 9.17) is 14.6 Å². The third kappa shape index (κ3) is 4.35. The molecule has 0 amide bonds. The van der Waals surface area contributed by atoms with Gasteiger partial charge in [-0.25, -0.2) is 0 Å². The Morgan fingerprint density at radius 1 is 0.829 bits per heavy atom. The standard InChI is InChI=1S/C29H32O6/c1-29(15-7-2-8-16-29)35-28(33)26-24-20-12-5-3-10-18(20)23(19-11-4-6-13-21(19)24)25(26)27(32)34-17-9-14-22(30)31/h3-6,10-13,23-26H,2,7-9,14-17H2,1H3,(H,30,31). The van der Waals surface area contributed by atoms with Gasteiger partial charge in [0, 0.05) is 18.3 Å². The van der Waals surface area contributed by atoms with Crippen molar-refractivity contribution in [3.8, 4) is 0 Å². The normalized spacial score (nSPS) is 25.7. The third-order valence-corrected chi connectivity index (χ3v) is 8.02. The molecule has 2 unspecified atom stereocenters. The number of rotatable bonds is 7. The second-order valence-electron chi connectivity index (χ2n) is 10.4. The molecule has 6 rings (SSSR count). The quantitative estimate of drug-likeness (QED) is 0.437. The van der Waals surface area contributed by atoms with Crippen LogP contribution in [-0.4, -0.2) is 35.2 Å². The van der Waals surface area contributed by atoms with E-state index in [1.807, 2.05) is 43.3 Å². The van der Waals surface area contributed by atoms with Crippen LogP contribution in [0, 0.1) is 11.8 Å². The number of benzene rings is 2. The highest BCUT2D eigenvalue weighted by Gasteiger charge is 2.57. The smallest absolute Gasteiger partial charge is 0.311 e. The Hall–Kier alpha value is -3.15. The van der Waals surface area contributed by atoms with Crippen molar-refractivity contribution in [2.45, 2.75) is 69.3 Å². The van der Waals surface area contributed by atoms with E-state index in [-0.39, 0.29) is 37.3 Å². The molecule has 1 saturated carbocycles. The molecule has 0 radical (unpaired) electrons. The lowest BCUT2D eigenvalue weighted by molar-refractivity contribution is -0.175. The first-order valence-corrected chi connectivity index (χ1v) is 12.7. The second kappa shape index (κ2) is 9.48. The van der Waals surface area contributed by atoms with E-state index < -0.39 is 29.4 Å². The van der Waals surface area contributed by atoms with E-state index in [1.54, 1.807) is 0 Å². The molecular formula is C29H32O6. The first-order chi connectivity index (χ1) is 16.9. The van der Waals surface area contributed by atoms with E-state index in [0.29, 0.717) is 0 Å². The molecule has 0 aromatic heterocycles. The van der Waals surface area contributed by atoms with Crippen LogP contribution >= 0.6 is 0 Å². The lowest BCUT2D eigenvalue weighted by atomic mass is 9.54. The van der Waals surface area contributed by atoms with E-state index in [0.717, 1.165) is 54.4 Å². The van der Waals surface area contributed by atoms with Crippen LogP contribution in [0.5, 0.6) is 0 Å². The van der Waals surface area contributed by atoms with Gasteiger partial charge in [-0.05, 0) is 61.3 Å². The molecule has 6 heteroatoms. The zero-order valence-corrected chi connectivity index (χ0v) is 20.1. The molecule has 4 aliphatic carbocycles. The average molecular weight is 477 g/mol. The van der Waals surface area contributed by atoms with Crippen molar-refractivity contribution in [1.82, 2.24) is 0 Å². The summed E-state index contributed by atoms with van der Waals surface area (Å²) in [5.41, 5.74) is 3.73. The SMILES string of the molecule is CC1(OC(=O)C2C3c4ccccc4C(c4ccccc43)C2C(=O)OCCCC(=O)O)CCCCC1. The first kappa shape index (κ1) is 23.6. The van der Waals surface area contributed by atoms with Crippen molar-refractivity contribution >= 4 is 17.9 Å². The zero-order chi connectivity index (χ0) is 24.6. The summed E-state index contributed by atoms with van der Waals surface area (Å²) in [6.45, 7) is 2.02. The fraction of sp³-hybridized carbons (Fsp3) is 0.483. The average Bonchev–Trinajstić information content (AvgIpc) is 2.86. The molecule has 0 spiro atoms. The van der Waals surface area contributed by atoms with Crippen LogP contribution in [0.1, 0.15) is 86.0 Å². The van der Waals surface area contributed by atoms with Crippen molar-refractivity contribution in [2.24, 2.45) is 11.8 Å². The van der Waals surface area contributed by atoms with E-state index in [2.05, 4.69) is 12.1 Å². The van der Waals surface area contributed by atoms with Gasteiger partial charge in [0.2, 0.25) is 0 Å². The predicted octanol–water partition coefficient (Wildman–Crippen LogP) is 5.18. The van der Waals surface area contributed by atoms with Crippen molar-refractivity contribution in [1.29, 1.82) is 0 Å². The minimum atomic E-state index is -0.928. The summed E-state index contributed by atoms with van der Waals surface area (Å²) >= 11 is 0. The molecule has 0 heterocycles. The number of esters is 2. The second-order valence-corrected chi connectivity index (χ2v) is 10.4. The van der Waals surface area contributed by atoms with Crippen molar-refractivity contribution in [3.63, 3.8) is 0 Å². The minimum Gasteiger partial charge on any atom is -0.481 e. The monoisotopic (exact) mass is 476 g/mol. The Morgan fingerprint density at radius 3 is 1.80 bits per heavy atom. The lowest BCUT2D eigenvalue weighted by Crippen LogP contribution is -2.49. The van der Waals surface area contributed by atoms with Gasteiger partial charge in [-0.15, -0.1) is 0 Å². The number of ether oxygens (including phenoxy) is 2. The van der Waals surface area contributed by atoms with Gasteiger partial charge in [0.25, 0.3) is 0 Å². The van der Waals surface area contributed by atoms with Gasteiger partial charge in [0.1, 0.15) is 5.60 Å². The molecule has 184 valence electrons. The van der Waals surface area contributed by atoms with Crippen LogP contribution < -0.4 is 0 Å². The highest BCUT2D eigenvalue weighted by molar-refractivity contribution is 5.88. The van der Waals surface area contributed by atoms with Gasteiger partial charge in [-0.1, -0.05) is 55.0 Å². The molecule has 2 aromatic rings. The van der Waals surface area contributed by atoms with Crippen LogP contribution in [0.2, 0.25) is 0 Å². The summed E-state index contributed by atoms with van der Waals surface area (Å²) in [5.74, 6) is -3.71. The number of aliphatic carboxylic acids is 1. The Bertz CT molecular complexity index is 1080. The highest BCUT2D eigenvalue weighted by Crippen LogP contribution is 2.59. The van der Waals surface area contributed by atoms with Crippen LogP contribution in [-0.2, 0) is 23.9 Å². The maximum Gasteiger partial charge on any atom is 0.311 e. The molecule has 2 aromatic carbocycles. The van der Waals surface area contributed by atoms with E-state index in [1.165, 1.54) is 0 Å². The van der Waals surface area contributed by atoms with Gasteiger partial charge in [0.05, 0.1) is 18.4 Å². The molecule has 4 aliphatic rings. The number of fused-ring (bicyclic) bond motifs is 1. The van der Waals surface area contributed by atoms with Crippen LogP contribution in [0.3, 0.4) is 0 Å². The fourth-order valence-electron chi connectivity index (χ4n) is 6.45. The first-order valence-electron chi connectivity index (χ1n) is 12.7. The molecule has 1 N–H and O–H groups in total. The third-order valence-electron chi connectivity index (χ3n) is 8.02. The molecular weight excluding hydrogens is 444 g/mol. The minimum absolute atomic E-state index is 0.0157. The van der Waals surface area contributed by atoms with Gasteiger partial charge < -0.3 is 14.6 Å². The van der Waals surface area contributed by atoms with Crippen molar-refractivity contribution < 1.29 is 29.0 Å². The molecule has 6 nitrogen and oxygen atoms in total. The van der Waals surface area contributed by atoms with Crippen LogP contribution in [0.4, 0.5) is 0 Å². The Balaban J connectivity index is 1.53. The molecule has 1 fully saturated rings. The summed E-state index contributed by atoms with van der Waals surface area (Å²) in [6, 6.07) is 16.1. The maximum atomic E-state index is 13.9. The summed E-state index contributed by atoms with van der Waals surface area (Å²) in [7, 11) is 0.